The summed E-state index contributed by atoms with van der Waals surface area (Å²) in [7, 11) is 0. The van der Waals surface area contributed by atoms with Crippen LogP contribution in [0.5, 0.6) is 0 Å². The molecule has 0 amide bonds. The molecule has 5 N–H and O–H groups in total. The molecule has 1 heterocycles. The number of esters is 1. The van der Waals surface area contributed by atoms with Crippen LogP contribution >= 0.6 is 0 Å². The van der Waals surface area contributed by atoms with Gasteiger partial charge in [0.25, 0.3) is 0 Å². The van der Waals surface area contributed by atoms with E-state index in [0.717, 1.165) is 0 Å². The molecule has 0 radical (unpaired) electrons. The van der Waals surface area contributed by atoms with E-state index in [-0.39, 0.29) is 48.5 Å². The Labute approximate surface area is 219 Å². The SMILES string of the molecule is C[C@@H]1OC(=O)[C@H](C)[C@@H]1C[C@@H](O)[C@](C)(O)[C@@H]1CC[C@@]2(O)C3=CC(=O)[C@@H]4C[C@H](O)[C@H](O)C[C@]4(C)[C@H]3CC[C@@]12C. The van der Waals surface area contributed by atoms with Crippen LogP contribution in [0.15, 0.2) is 11.6 Å². The number of ketones is 1. The van der Waals surface area contributed by atoms with E-state index >= 15 is 0 Å². The topological polar surface area (TPSA) is 145 Å². The van der Waals surface area contributed by atoms with Crippen LogP contribution in [-0.4, -0.2) is 72.9 Å². The van der Waals surface area contributed by atoms with Crippen molar-refractivity contribution in [3.8, 4) is 0 Å². The molecule has 4 fully saturated rings. The predicted molar refractivity (Wildman–Crippen MR) is 134 cm³/mol. The molecule has 13 atom stereocenters. The average Bonchev–Trinajstić information content (AvgIpc) is 3.23. The van der Waals surface area contributed by atoms with Crippen molar-refractivity contribution in [3.63, 3.8) is 0 Å². The Hall–Kier alpha value is -1.32. The highest BCUT2D eigenvalue weighted by Crippen LogP contribution is 2.68. The fourth-order valence-electron chi connectivity index (χ4n) is 9.39. The minimum Gasteiger partial charge on any atom is -0.462 e. The third-order valence-electron chi connectivity index (χ3n) is 11.9. The van der Waals surface area contributed by atoms with Gasteiger partial charge in [0.1, 0.15) is 6.10 Å². The molecule has 1 saturated heterocycles. The Morgan fingerprint density at radius 2 is 1.78 bits per heavy atom. The number of hydrogen-bond donors (Lipinski definition) is 5. The zero-order valence-corrected chi connectivity index (χ0v) is 22.7. The van der Waals surface area contributed by atoms with Crippen molar-refractivity contribution < 1.29 is 39.9 Å². The van der Waals surface area contributed by atoms with Crippen LogP contribution in [-0.2, 0) is 14.3 Å². The number of aliphatic hydroxyl groups excluding tert-OH is 3. The quantitative estimate of drug-likeness (QED) is 0.354. The molecule has 0 aromatic heterocycles. The van der Waals surface area contributed by atoms with Gasteiger partial charge in [-0.15, -0.1) is 0 Å². The molecule has 4 aliphatic carbocycles. The highest BCUT2D eigenvalue weighted by atomic mass is 16.6. The molecule has 0 aromatic carbocycles. The maximum Gasteiger partial charge on any atom is 0.309 e. The van der Waals surface area contributed by atoms with Crippen LogP contribution in [0, 0.1) is 40.4 Å². The smallest absolute Gasteiger partial charge is 0.309 e. The summed E-state index contributed by atoms with van der Waals surface area (Å²) in [6.45, 7) is 9.21. The lowest BCUT2D eigenvalue weighted by Gasteiger charge is -2.60. The van der Waals surface area contributed by atoms with Gasteiger partial charge in [-0.3, -0.25) is 9.59 Å². The number of rotatable bonds is 4. The van der Waals surface area contributed by atoms with E-state index in [1.54, 1.807) is 19.9 Å². The number of carbonyl (C=O) groups is 2. The first-order valence-electron chi connectivity index (χ1n) is 14.0. The second-order valence-corrected chi connectivity index (χ2v) is 13.7. The summed E-state index contributed by atoms with van der Waals surface area (Å²) >= 11 is 0. The molecule has 208 valence electrons. The lowest BCUT2D eigenvalue weighted by atomic mass is 9.45. The van der Waals surface area contributed by atoms with Gasteiger partial charge in [-0.1, -0.05) is 20.8 Å². The van der Waals surface area contributed by atoms with Crippen LogP contribution in [0.3, 0.4) is 0 Å². The number of aliphatic hydroxyl groups is 5. The largest absolute Gasteiger partial charge is 0.462 e. The van der Waals surface area contributed by atoms with Crippen LogP contribution in [0.2, 0.25) is 0 Å². The van der Waals surface area contributed by atoms with Gasteiger partial charge < -0.3 is 30.3 Å². The number of ether oxygens (including phenoxy) is 1. The Morgan fingerprint density at radius 3 is 2.41 bits per heavy atom. The zero-order valence-electron chi connectivity index (χ0n) is 22.7. The summed E-state index contributed by atoms with van der Waals surface area (Å²) < 4.78 is 5.34. The van der Waals surface area contributed by atoms with Crippen molar-refractivity contribution in [2.45, 2.75) is 115 Å². The van der Waals surface area contributed by atoms with Crippen LogP contribution in [0.1, 0.15) is 79.6 Å². The summed E-state index contributed by atoms with van der Waals surface area (Å²) in [4.78, 5) is 25.4. The molecule has 0 spiro atoms. The van der Waals surface area contributed by atoms with Gasteiger partial charge in [0.2, 0.25) is 0 Å². The molecule has 37 heavy (non-hydrogen) atoms. The molecule has 8 nitrogen and oxygen atoms in total. The van der Waals surface area contributed by atoms with Crippen molar-refractivity contribution in [1.29, 1.82) is 0 Å². The first-order chi connectivity index (χ1) is 17.1. The molecule has 5 rings (SSSR count). The summed E-state index contributed by atoms with van der Waals surface area (Å²) in [5, 5.41) is 56.2. The van der Waals surface area contributed by atoms with Gasteiger partial charge >= 0.3 is 5.97 Å². The number of allylic oxidation sites excluding steroid dienone is 1. The van der Waals surface area contributed by atoms with E-state index in [4.69, 9.17) is 4.74 Å². The van der Waals surface area contributed by atoms with Crippen LogP contribution in [0.25, 0.3) is 0 Å². The number of hydrogen-bond acceptors (Lipinski definition) is 8. The summed E-state index contributed by atoms with van der Waals surface area (Å²) in [6.07, 6.45) is 1.21. The van der Waals surface area contributed by atoms with Crippen molar-refractivity contribution in [3.05, 3.63) is 11.6 Å². The molecule has 0 unspecified atom stereocenters. The average molecular weight is 521 g/mol. The van der Waals surface area contributed by atoms with E-state index in [0.29, 0.717) is 37.7 Å². The summed E-state index contributed by atoms with van der Waals surface area (Å²) in [5.41, 5.74) is -3.47. The maximum atomic E-state index is 13.3. The first kappa shape index (κ1) is 27.3. The Morgan fingerprint density at radius 1 is 1.11 bits per heavy atom. The Balaban J connectivity index is 1.44. The predicted octanol–water partition coefficient (Wildman–Crippen LogP) is 1.89. The lowest BCUT2D eigenvalue weighted by molar-refractivity contribution is -0.178. The van der Waals surface area contributed by atoms with Crippen molar-refractivity contribution in [2.75, 3.05) is 0 Å². The normalized spacial score (nSPS) is 51.9. The zero-order chi connectivity index (χ0) is 27.3. The van der Waals surface area contributed by atoms with Crippen molar-refractivity contribution in [1.82, 2.24) is 0 Å². The molecule has 0 aromatic rings. The first-order valence-corrected chi connectivity index (χ1v) is 14.0. The third kappa shape index (κ3) is 3.65. The second kappa shape index (κ2) is 8.59. The molecule has 3 saturated carbocycles. The van der Waals surface area contributed by atoms with E-state index in [1.807, 2.05) is 20.8 Å². The highest BCUT2D eigenvalue weighted by Gasteiger charge is 2.69. The Kier molecular flexibility index (Phi) is 6.33. The minimum absolute atomic E-state index is 0.104. The van der Waals surface area contributed by atoms with Crippen LogP contribution in [0.4, 0.5) is 0 Å². The molecule has 0 bridgehead atoms. The summed E-state index contributed by atoms with van der Waals surface area (Å²) in [5.74, 6) is -1.88. The standard InChI is InChI=1S/C29H44O8/c1-14-16(15(2)37-25(14)34)10-24(33)28(5,35)23-7-9-29(36)18-11-20(30)19-12-21(31)22(32)13-26(19,3)17(18)6-8-27(23,29)4/h11,14-17,19,21-24,31-33,35-36H,6-10,12-13H2,1-5H3/t14-,15+,16+,17+,19+,21+,22-,23-,24-,26-,27+,28-,29-/m1/s1. The van der Waals surface area contributed by atoms with Crippen LogP contribution < -0.4 is 0 Å². The van der Waals surface area contributed by atoms with E-state index in [1.165, 1.54) is 0 Å². The fourth-order valence-corrected chi connectivity index (χ4v) is 9.39. The van der Waals surface area contributed by atoms with E-state index < -0.39 is 52.2 Å². The number of carbonyl (C=O) groups excluding carboxylic acids is 2. The van der Waals surface area contributed by atoms with E-state index in [9.17, 15) is 35.1 Å². The minimum atomic E-state index is -1.52. The van der Waals surface area contributed by atoms with Crippen molar-refractivity contribution >= 4 is 11.8 Å². The van der Waals surface area contributed by atoms with E-state index in [2.05, 4.69) is 0 Å². The lowest BCUT2D eigenvalue weighted by Crippen LogP contribution is -2.63. The van der Waals surface area contributed by atoms with Crippen molar-refractivity contribution in [2.24, 2.45) is 40.4 Å². The Bertz CT molecular complexity index is 1010. The number of cyclic esters (lactones) is 1. The molecular weight excluding hydrogens is 476 g/mol. The molecule has 8 heteroatoms. The van der Waals surface area contributed by atoms with Gasteiger partial charge in [0.05, 0.1) is 35.4 Å². The van der Waals surface area contributed by atoms with Gasteiger partial charge in [-0.05, 0) is 87.7 Å². The molecule has 5 aliphatic rings. The van der Waals surface area contributed by atoms with Gasteiger partial charge in [-0.2, -0.15) is 0 Å². The van der Waals surface area contributed by atoms with Gasteiger partial charge in [-0.25, -0.2) is 0 Å². The summed E-state index contributed by atoms with van der Waals surface area (Å²) in [6, 6.07) is 0. The number of fused-ring (bicyclic) bond motifs is 5. The van der Waals surface area contributed by atoms with Gasteiger partial charge in [0.15, 0.2) is 5.78 Å². The highest BCUT2D eigenvalue weighted by molar-refractivity contribution is 5.95. The third-order valence-corrected chi connectivity index (χ3v) is 11.9. The maximum absolute atomic E-state index is 13.3. The molecular formula is C29H44O8. The monoisotopic (exact) mass is 520 g/mol. The fraction of sp³-hybridized carbons (Fsp3) is 0.862. The second-order valence-electron chi connectivity index (χ2n) is 13.7. The van der Waals surface area contributed by atoms with Gasteiger partial charge in [0, 0.05) is 17.3 Å². The molecule has 1 aliphatic heterocycles.